The van der Waals surface area contributed by atoms with Crippen molar-refractivity contribution in [2.75, 3.05) is 32.8 Å². The van der Waals surface area contributed by atoms with Crippen LogP contribution in [-0.4, -0.2) is 80.3 Å². The van der Waals surface area contributed by atoms with Gasteiger partial charge in [0.25, 0.3) is 12.4 Å². The molecule has 2 aromatic carbocycles. The maximum absolute atomic E-state index is 14.0. The predicted octanol–water partition coefficient (Wildman–Crippen LogP) is 6.24. The lowest BCUT2D eigenvalue weighted by Crippen LogP contribution is -2.49. The number of fused-ring (bicyclic) bond motifs is 2. The van der Waals surface area contributed by atoms with E-state index in [0.717, 1.165) is 79.8 Å². The largest absolute Gasteiger partial charge is 0.493 e. The first-order chi connectivity index (χ1) is 23.2. The predicted molar refractivity (Wildman–Crippen MR) is 201 cm³/mol. The highest BCUT2D eigenvalue weighted by molar-refractivity contribution is 7.27. The molecule has 6 rings (SSSR count). The van der Waals surface area contributed by atoms with Crippen LogP contribution in [0.5, 0.6) is 5.75 Å². The minimum Gasteiger partial charge on any atom is -0.493 e. The fourth-order valence-corrected chi connectivity index (χ4v) is 7.26. The molecule has 0 radical (unpaired) electrons. The molecule has 2 atom stereocenters. The summed E-state index contributed by atoms with van der Waals surface area (Å²) >= 11 is 0. The third kappa shape index (κ3) is 8.69. The number of rotatable bonds is 5. The minimum atomic E-state index is -0.500. The fraction of sp³-hybridized carbons (Fsp3) is 0.462. The number of hydrogen-bond acceptors (Lipinski definition) is 6. The molecule has 1 fully saturated rings. The van der Waals surface area contributed by atoms with Crippen molar-refractivity contribution in [3.63, 3.8) is 0 Å². The SMILES string of the molecule is CC(C)(C)O.CCc1c(C)nc2c(cc(C(=O)N3CCN(C(C)c4ccccc4)CC3)n2C)c1-c1cc(P)c2c(c1C)CCCO2.O=CO. The van der Waals surface area contributed by atoms with E-state index in [1.165, 1.54) is 33.4 Å². The number of carboxylic acid groups (broad SMARTS) is 1. The number of amides is 1. The molecule has 9 nitrogen and oxygen atoms in total. The van der Waals surface area contributed by atoms with Crippen LogP contribution in [0.2, 0.25) is 0 Å². The lowest BCUT2D eigenvalue weighted by molar-refractivity contribution is -0.122. The number of benzene rings is 2. The fourth-order valence-electron chi connectivity index (χ4n) is 6.83. The first-order valence-electron chi connectivity index (χ1n) is 17.1. The van der Waals surface area contributed by atoms with Crippen LogP contribution in [0.1, 0.15) is 85.5 Å². The van der Waals surface area contributed by atoms with Crippen LogP contribution < -0.4 is 10.0 Å². The zero-order chi connectivity index (χ0) is 36.0. The van der Waals surface area contributed by atoms with Crippen molar-refractivity contribution in [2.24, 2.45) is 7.05 Å². The molecule has 1 amide bonds. The van der Waals surface area contributed by atoms with Crippen molar-refractivity contribution < 1.29 is 24.5 Å². The summed E-state index contributed by atoms with van der Waals surface area (Å²) in [4.78, 5) is 31.9. The smallest absolute Gasteiger partial charge is 0.290 e. The summed E-state index contributed by atoms with van der Waals surface area (Å²) in [5, 5.41) is 17.6. The monoisotopic (exact) mass is 688 g/mol. The van der Waals surface area contributed by atoms with E-state index in [2.05, 4.69) is 84.3 Å². The normalized spacial score (nSPS) is 15.3. The topological polar surface area (TPSA) is 108 Å². The molecule has 264 valence electrons. The Balaban J connectivity index is 0.000000612. The van der Waals surface area contributed by atoms with Crippen LogP contribution in [0, 0.1) is 13.8 Å². The van der Waals surface area contributed by atoms with Crippen LogP contribution in [0.4, 0.5) is 0 Å². The van der Waals surface area contributed by atoms with Crippen LogP contribution in [0.25, 0.3) is 22.2 Å². The van der Waals surface area contributed by atoms with E-state index in [4.69, 9.17) is 24.7 Å². The third-order valence-corrected chi connectivity index (χ3v) is 9.69. The van der Waals surface area contributed by atoms with E-state index >= 15 is 0 Å². The lowest BCUT2D eigenvalue weighted by Gasteiger charge is -2.38. The second-order valence-electron chi connectivity index (χ2n) is 13.8. The first kappa shape index (κ1) is 38.0. The Kier molecular flexibility index (Phi) is 12.6. The van der Waals surface area contributed by atoms with E-state index in [-0.39, 0.29) is 12.4 Å². The van der Waals surface area contributed by atoms with Crippen LogP contribution >= 0.6 is 9.24 Å². The molecule has 0 aliphatic carbocycles. The van der Waals surface area contributed by atoms with Crippen molar-refractivity contribution in [3.05, 3.63) is 76.1 Å². The van der Waals surface area contributed by atoms with Gasteiger partial charge in [0.05, 0.1) is 12.2 Å². The van der Waals surface area contributed by atoms with Gasteiger partial charge in [0.15, 0.2) is 0 Å². The Morgan fingerprint density at radius 1 is 1.10 bits per heavy atom. The van der Waals surface area contributed by atoms with Gasteiger partial charge in [0.1, 0.15) is 17.1 Å². The highest BCUT2D eigenvalue weighted by atomic mass is 31.0. The van der Waals surface area contributed by atoms with Gasteiger partial charge in [0, 0.05) is 55.7 Å². The summed E-state index contributed by atoms with van der Waals surface area (Å²) in [6, 6.07) is 15.3. The summed E-state index contributed by atoms with van der Waals surface area (Å²) in [5.41, 5.74) is 9.67. The van der Waals surface area contributed by atoms with Crippen LogP contribution in [0.15, 0.2) is 42.5 Å². The molecule has 1 saturated heterocycles. The van der Waals surface area contributed by atoms with Crippen molar-refractivity contribution in [3.8, 4) is 16.9 Å². The molecule has 0 spiro atoms. The number of hydrogen-bond donors (Lipinski definition) is 2. The Morgan fingerprint density at radius 3 is 2.31 bits per heavy atom. The van der Waals surface area contributed by atoms with Gasteiger partial charge in [-0.25, -0.2) is 4.98 Å². The second kappa shape index (κ2) is 16.3. The molecule has 0 bridgehead atoms. The Hall–Kier alpha value is -3.78. The molecule has 2 N–H and O–H groups in total. The van der Waals surface area contributed by atoms with Gasteiger partial charge in [-0.2, -0.15) is 0 Å². The highest BCUT2D eigenvalue weighted by Crippen LogP contribution is 2.40. The summed E-state index contributed by atoms with van der Waals surface area (Å²) < 4.78 is 8.08. The first-order valence-corrected chi connectivity index (χ1v) is 17.7. The van der Waals surface area contributed by atoms with E-state index in [0.29, 0.717) is 11.7 Å². The number of nitrogens with zero attached hydrogens (tertiary/aromatic N) is 4. The maximum atomic E-state index is 14.0. The molecular weight excluding hydrogens is 635 g/mol. The quantitative estimate of drug-likeness (QED) is 0.189. The Morgan fingerprint density at radius 2 is 1.71 bits per heavy atom. The van der Waals surface area contributed by atoms with Gasteiger partial charge in [-0.15, -0.1) is 9.24 Å². The average Bonchev–Trinajstić information content (AvgIpc) is 3.40. The molecule has 2 aliphatic rings. The molecule has 4 heterocycles. The lowest BCUT2D eigenvalue weighted by atomic mass is 9.88. The number of carbonyl (C=O) groups is 2. The summed E-state index contributed by atoms with van der Waals surface area (Å²) in [6.07, 6.45) is 2.94. The summed E-state index contributed by atoms with van der Waals surface area (Å²) in [5.74, 6) is 1.11. The molecule has 4 aromatic rings. The molecule has 2 unspecified atom stereocenters. The Bertz CT molecular complexity index is 1770. The van der Waals surface area contributed by atoms with E-state index in [1.54, 1.807) is 20.8 Å². The standard InChI is InChI=1S/C34H41N4O2P.C4H10O.CH2O2/c1-6-25-22(3)35-33-28(31(25)27-20-30(41)32-26(21(27)2)13-10-18-40-32)19-29(36(33)5)34(39)38-16-14-37(15-17-38)23(4)24-11-8-7-9-12-24;1-4(2,3)5;2-1-3/h7-9,11-12,19-20,23H,6,10,13-18,41H2,1-5H3;5H,1-3H3;1H,(H,2,3). The van der Waals surface area contributed by atoms with Gasteiger partial charge in [-0.3, -0.25) is 14.5 Å². The van der Waals surface area contributed by atoms with Crippen LogP contribution in [-0.2, 0) is 24.7 Å². The van der Waals surface area contributed by atoms with Crippen molar-refractivity contribution in [1.82, 2.24) is 19.4 Å². The number of aromatic nitrogens is 2. The number of ether oxygens (including phenoxy) is 1. The van der Waals surface area contributed by atoms with E-state index in [9.17, 15) is 4.79 Å². The number of aryl methyl sites for hydroxylation is 2. The van der Waals surface area contributed by atoms with Crippen molar-refractivity contribution in [2.45, 2.75) is 79.4 Å². The summed E-state index contributed by atoms with van der Waals surface area (Å²) in [7, 11) is 4.88. The number of aliphatic hydroxyl groups is 1. The Labute approximate surface area is 293 Å². The second-order valence-corrected chi connectivity index (χ2v) is 14.4. The number of piperazine rings is 1. The molecule has 2 aliphatic heterocycles. The van der Waals surface area contributed by atoms with Crippen molar-refractivity contribution in [1.29, 1.82) is 0 Å². The number of carbonyl (C=O) groups excluding carboxylic acids is 1. The maximum Gasteiger partial charge on any atom is 0.290 e. The van der Waals surface area contributed by atoms with Gasteiger partial charge in [-0.05, 0) is 106 Å². The molecule has 49 heavy (non-hydrogen) atoms. The van der Waals surface area contributed by atoms with E-state index < -0.39 is 5.60 Å². The van der Waals surface area contributed by atoms with Gasteiger partial charge < -0.3 is 24.4 Å². The van der Waals surface area contributed by atoms with Gasteiger partial charge in [-0.1, -0.05) is 37.3 Å². The van der Waals surface area contributed by atoms with Gasteiger partial charge in [0.2, 0.25) is 0 Å². The third-order valence-electron chi connectivity index (χ3n) is 9.27. The van der Waals surface area contributed by atoms with E-state index in [1.807, 2.05) is 16.5 Å². The van der Waals surface area contributed by atoms with Crippen molar-refractivity contribution >= 4 is 38.0 Å². The number of pyridine rings is 1. The minimum absolute atomic E-state index is 0.0847. The zero-order valence-corrected chi connectivity index (χ0v) is 31.5. The summed E-state index contributed by atoms with van der Waals surface area (Å²) in [6.45, 7) is 17.7. The molecule has 10 heteroatoms. The molecule has 0 saturated carbocycles. The average molecular weight is 689 g/mol. The molecular formula is C39H53N4O5P. The van der Waals surface area contributed by atoms with Gasteiger partial charge >= 0.3 is 0 Å². The van der Waals surface area contributed by atoms with Crippen LogP contribution in [0.3, 0.4) is 0 Å². The molecule has 2 aromatic heterocycles. The zero-order valence-electron chi connectivity index (χ0n) is 30.3. The highest BCUT2D eigenvalue weighted by Gasteiger charge is 2.29.